The number of benzene rings is 1. The minimum Gasteiger partial charge on any atom is -0.383 e. The first-order chi connectivity index (χ1) is 6.61. The van der Waals surface area contributed by atoms with E-state index >= 15 is 0 Å². The maximum absolute atomic E-state index is 13.4. The number of hydrogen-bond acceptors (Lipinski definition) is 3. The number of hydrogen-bond donors (Lipinski definition) is 2. The second-order valence-electron chi connectivity index (χ2n) is 2.47. The molecule has 0 heterocycles. The van der Waals surface area contributed by atoms with Crippen molar-refractivity contribution in [1.29, 1.82) is 0 Å². The van der Waals surface area contributed by atoms with E-state index in [9.17, 15) is 13.2 Å². The van der Waals surface area contributed by atoms with E-state index < -0.39 is 23.1 Å². The van der Waals surface area contributed by atoms with Gasteiger partial charge >= 0.3 is 0 Å². The second kappa shape index (κ2) is 4.45. The molecule has 0 aliphatic carbocycles. The Morgan fingerprint density at radius 2 is 1.86 bits per heavy atom. The van der Waals surface area contributed by atoms with E-state index in [4.69, 9.17) is 0 Å². The SMILES string of the molecule is CNc1c(F)c(F)cc(NSC)c1F. The molecule has 0 unspecified atom stereocenters. The fourth-order valence-corrected chi connectivity index (χ4v) is 1.38. The van der Waals surface area contributed by atoms with Gasteiger partial charge < -0.3 is 10.0 Å². The van der Waals surface area contributed by atoms with Gasteiger partial charge in [-0.2, -0.15) is 0 Å². The molecule has 0 radical (unpaired) electrons. The molecule has 1 aromatic carbocycles. The van der Waals surface area contributed by atoms with Crippen molar-refractivity contribution >= 4 is 23.3 Å². The average Bonchev–Trinajstić information content (AvgIpc) is 2.16. The van der Waals surface area contributed by atoms with Crippen molar-refractivity contribution in [3.63, 3.8) is 0 Å². The molecule has 1 aromatic rings. The van der Waals surface area contributed by atoms with Gasteiger partial charge in [-0.15, -0.1) is 0 Å². The molecule has 6 heteroatoms. The monoisotopic (exact) mass is 222 g/mol. The van der Waals surface area contributed by atoms with Crippen LogP contribution < -0.4 is 10.0 Å². The fraction of sp³-hybridized carbons (Fsp3) is 0.250. The quantitative estimate of drug-likeness (QED) is 0.607. The van der Waals surface area contributed by atoms with E-state index in [0.717, 1.165) is 18.0 Å². The zero-order chi connectivity index (χ0) is 10.7. The van der Waals surface area contributed by atoms with E-state index in [2.05, 4.69) is 10.0 Å². The van der Waals surface area contributed by atoms with Crippen molar-refractivity contribution in [3.8, 4) is 0 Å². The summed E-state index contributed by atoms with van der Waals surface area (Å²) in [7, 11) is 1.32. The lowest BCUT2D eigenvalue weighted by Crippen LogP contribution is -2.03. The van der Waals surface area contributed by atoms with Gasteiger partial charge in [-0.3, -0.25) is 0 Å². The third-order valence-electron chi connectivity index (χ3n) is 1.62. The molecule has 0 aliphatic heterocycles. The Labute approximate surface area is 84.0 Å². The van der Waals surface area contributed by atoms with Crippen molar-refractivity contribution in [2.24, 2.45) is 0 Å². The Kier molecular flexibility index (Phi) is 3.51. The normalized spacial score (nSPS) is 10.1. The lowest BCUT2D eigenvalue weighted by atomic mass is 10.2. The molecule has 0 saturated carbocycles. The maximum atomic E-state index is 13.4. The van der Waals surface area contributed by atoms with E-state index in [1.165, 1.54) is 7.05 Å². The van der Waals surface area contributed by atoms with Gasteiger partial charge in [0.2, 0.25) is 0 Å². The Morgan fingerprint density at radius 1 is 1.21 bits per heavy atom. The van der Waals surface area contributed by atoms with Crippen LogP contribution in [0.3, 0.4) is 0 Å². The number of nitrogens with one attached hydrogen (secondary N) is 2. The lowest BCUT2D eigenvalue weighted by molar-refractivity contribution is 0.501. The topological polar surface area (TPSA) is 24.1 Å². The van der Waals surface area contributed by atoms with Gasteiger partial charge in [0.15, 0.2) is 17.5 Å². The summed E-state index contributed by atoms with van der Waals surface area (Å²) < 4.78 is 41.7. The number of rotatable bonds is 3. The van der Waals surface area contributed by atoms with Gasteiger partial charge in [-0.05, 0) is 0 Å². The first-order valence-corrected chi connectivity index (χ1v) is 4.98. The van der Waals surface area contributed by atoms with Crippen molar-refractivity contribution in [2.45, 2.75) is 0 Å². The summed E-state index contributed by atoms with van der Waals surface area (Å²) >= 11 is 1.10. The predicted molar refractivity (Wildman–Crippen MR) is 53.0 cm³/mol. The molecule has 2 nitrogen and oxygen atoms in total. The van der Waals surface area contributed by atoms with E-state index in [-0.39, 0.29) is 5.69 Å². The smallest absolute Gasteiger partial charge is 0.185 e. The molecule has 0 atom stereocenters. The van der Waals surface area contributed by atoms with Crippen LogP contribution in [0.4, 0.5) is 24.5 Å². The summed E-state index contributed by atoms with van der Waals surface area (Å²) in [4.78, 5) is 0. The highest BCUT2D eigenvalue weighted by atomic mass is 32.2. The van der Waals surface area contributed by atoms with Gasteiger partial charge in [0.05, 0.1) is 5.69 Å². The molecular formula is C8H9F3N2S. The zero-order valence-corrected chi connectivity index (χ0v) is 8.44. The van der Waals surface area contributed by atoms with Crippen LogP contribution in [0.15, 0.2) is 6.07 Å². The molecule has 0 aliphatic rings. The molecule has 0 fully saturated rings. The molecule has 2 N–H and O–H groups in total. The van der Waals surface area contributed by atoms with Gasteiger partial charge in [0, 0.05) is 19.4 Å². The van der Waals surface area contributed by atoms with Crippen LogP contribution in [0, 0.1) is 17.5 Å². The summed E-state index contributed by atoms with van der Waals surface area (Å²) in [6.45, 7) is 0. The maximum Gasteiger partial charge on any atom is 0.185 e. The third-order valence-corrected chi connectivity index (χ3v) is 2.04. The Balaban J connectivity index is 3.27. The summed E-state index contributed by atoms with van der Waals surface area (Å²) in [5.74, 6) is -3.13. The molecular weight excluding hydrogens is 213 g/mol. The molecule has 0 bridgehead atoms. The van der Waals surface area contributed by atoms with Gasteiger partial charge in [0.25, 0.3) is 0 Å². The Morgan fingerprint density at radius 3 is 2.36 bits per heavy atom. The summed E-state index contributed by atoms with van der Waals surface area (Å²) in [5, 5.41) is 2.26. The molecule has 0 amide bonds. The molecule has 1 rings (SSSR count). The van der Waals surface area contributed by atoms with Crippen LogP contribution in [-0.2, 0) is 0 Å². The van der Waals surface area contributed by atoms with Crippen molar-refractivity contribution < 1.29 is 13.2 Å². The number of anilines is 2. The molecule has 0 spiro atoms. The predicted octanol–water partition coefficient (Wildman–Crippen LogP) is 2.84. The fourth-order valence-electron chi connectivity index (χ4n) is 1.01. The number of halogens is 3. The highest BCUT2D eigenvalue weighted by Crippen LogP contribution is 2.28. The molecule has 0 saturated heterocycles. The minimum atomic E-state index is -1.21. The van der Waals surface area contributed by atoms with Crippen LogP contribution in [0.2, 0.25) is 0 Å². The highest BCUT2D eigenvalue weighted by Gasteiger charge is 2.17. The van der Waals surface area contributed by atoms with E-state index in [1.54, 1.807) is 6.26 Å². The van der Waals surface area contributed by atoms with Crippen LogP contribution in [0.1, 0.15) is 0 Å². The van der Waals surface area contributed by atoms with Gasteiger partial charge in [-0.25, -0.2) is 13.2 Å². The summed E-state index contributed by atoms with van der Waals surface area (Å²) in [6.07, 6.45) is 1.65. The Bertz CT molecular complexity index is 344. The average molecular weight is 222 g/mol. The van der Waals surface area contributed by atoms with Crippen molar-refractivity contribution in [1.82, 2.24) is 0 Å². The zero-order valence-electron chi connectivity index (χ0n) is 7.62. The largest absolute Gasteiger partial charge is 0.383 e. The minimum absolute atomic E-state index is 0.0826. The van der Waals surface area contributed by atoms with Crippen LogP contribution in [0.5, 0.6) is 0 Å². The highest BCUT2D eigenvalue weighted by molar-refractivity contribution is 7.99. The van der Waals surface area contributed by atoms with E-state index in [1.807, 2.05) is 0 Å². The van der Waals surface area contributed by atoms with Gasteiger partial charge in [-0.1, -0.05) is 11.9 Å². The summed E-state index contributed by atoms with van der Waals surface area (Å²) in [5.41, 5.74) is -0.553. The first kappa shape index (κ1) is 11.0. The van der Waals surface area contributed by atoms with Crippen LogP contribution in [0.25, 0.3) is 0 Å². The second-order valence-corrected chi connectivity index (χ2v) is 3.08. The van der Waals surface area contributed by atoms with E-state index in [0.29, 0.717) is 0 Å². The van der Waals surface area contributed by atoms with Crippen LogP contribution >= 0.6 is 11.9 Å². The van der Waals surface area contributed by atoms with Gasteiger partial charge in [0.1, 0.15) is 5.69 Å². The Hall–Kier alpha value is -1.04. The van der Waals surface area contributed by atoms with Crippen molar-refractivity contribution in [3.05, 3.63) is 23.5 Å². The molecule has 14 heavy (non-hydrogen) atoms. The molecule has 78 valence electrons. The lowest BCUT2D eigenvalue weighted by Gasteiger charge is -2.10. The standard InChI is InChI=1S/C8H9F3N2S/c1-12-8-6(10)4(9)3-5(7(8)11)13-14-2/h3,12-13H,1-2H3. The molecule has 0 aromatic heterocycles. The summed E-state index contributed by atoms with van der Waals surface area (Å²) in [6, 6.07) is 0.780. The van der Waals surface area contributed by atoms with Crippen molar-refractivity contribution in [2.75, 3.05) is 23.3 Å². The first-order valence-electron chi connectivity index (χ1n) is 3.76. The van der Waals surface area contributed by atoms with Crippen LogP contribution in [-0.4, -0.2) is 13.3 Å². The third kappa shape index (κ3) is 1.89.